The van der Waals surface area contributed by atoms with Gasteiger partial charge in [-0.25, -0.2) is 0 Å². The maximum atomic E-state index is 13.4. The van der Waals surface area contributed by atoms with Crippen LogP contribution in [0.1, 0.15) is 113 Å². The maximum Gasteiger partial charge on any atom is 0.312 e. The first-order valence-corrected chi connectivity index (χ1v) is 14.9. The molecule has 4 rings (SSSR count). The lowest BCUT2D eigenvalue weighted by Crippen LogP contribution is -2.65. The number of carbonyl (C=O) groups is 2. The van der Waals surface area contributed by atoms with E-state index in [2.05, 4.69) is 54.2 Å². The zero-order chi connectivity index (χ0) is 27.6. The molecule has 4 saturated carbocycles. The van der Waals surface area contributed by atoms with Crippen LogP contribution in [0.3, 0.4) is 0 Å². The fourth-order valence-electron chi connectivity index (χ4n) is 11.3. The smallest absolute Gasteiger partial charge is 0.312 e. The zero-order valence-electron chi connectivity index (χ0n) is 24.8. The molecule has 0 radical (unpaired) electrons. The van der Waals surface area contributed by atoms with Gasteiger partial charge in [-0.3, -0.25) is 9.59 Å². The van der Waals surface area contributed by atoms with Gasteiger partial charge in [0.05, 0.1) is 18.6 Å². The highest BCUT2D eigenvalue weighted by Crippen LogP contribution is 2.76. The molecule has 5 unspecified atom stereocenters. The third-order valence-electron chi connectivity index (χ3n) is 13.3. The number of nitrogens with zero attached hydrogens (tertiary/aromatic N) is 1. The van der Waals surface area contributed by atoms with Crippen molar-refractivity contribution in [1.82, 2.24) is 0 Å². The quantitative estimate of drug-likeness (QED) is 0.269. The first-order valence-electron chi connectivity index (χ1n) is 14.9. The molecular formula is C33H51NO3. The summed E-state index contributed by atoms with van der Waals surface area (Å²) in [6.07, 6.45) is 9.15. The Hall–Kier alpha value is -1.63. The minimum atomic E-state index is -0.428. The Balaban J connectivity index is 1.80. The molecule has 0 N–H and O–H groups in total. The molecule has 4 fully saturated rings. The Kier molecular flexibility index (Phi) is 7.08. The van der Waals surface area contributed by atoms with Gasteiger partial charge in [0, 0.05) is 18.3 Å². The molecule has 4 aliphatic rings. The van der Waals surface area contributed by atoms with Crippen molar-refractivity contribution >= 4 is 11.8 Å². The number of fused-ring (bicyclic) bond motifs is 5. The average molecular weight is 510 g/mol. The third-order valence-corrected chi connectivity index (χ3v) is 13.3. The second-order valence-corrected chi connectivity index (χ2v) is 14.7. The molecule has 9 atom stereocenters. The molecule has 4 nitrogen and oxygen atoms in total. The van der Waals surface area contributed by atoms with Crippen LogP contribution in [0.2, 0.25) is 0 Å². The Bertz CT molecular complexity index is 1010. The van der Waals surface area contributed by atoms with Crippen molar-refractivity contribution in [3.63, 3.8) is 0 Å². The van der Waals surface area contributed by atoms with E-state index in [4.69, 9.17) is 4.74 Å². The highest BCUT2D eigenvalue weighted by atomic mass is 16.5. The van der Waals surface area contributed by atoms with E-state index < -0.39 is 5.41 Å². The number of hydrogen-bond acceptors (Lipinski definition) is 4. The Morgan fingerprint density at radius 2 is 1.70 bits per heavy atom. The summed E-state index contributed by atoms with van der Waals surface area (Å²) in [5, 5.41) is 10.1. The van der Waals surface area contributed by atoms with E-state index in [1.54, 1.807) is 7.11 Å². The summed E-state index contributed by atoms with van der Waals surface area (Å²) >= 11 is 0. The van der Waals surface area contributed by atoms with Crippen LogP contribution in [0.4, 0.5) is 0 Å². The summed E-state index contributed by atoms with van der Waals surface area (Å²) < 4.78 is 5.48. The summed E-state index contributed by atoms with van der Waals surface area (Å²) in [5.74, 6) is 2.00. The van der Waals surface area contributed by atoms with Crippen molar-refractivity contribution in [2.24, 2.45) is 56.7 Å². The van der Waals surface area contributed by atoms with Crippen molar-refractivity contribution in [2.75, 3.05) is 7.11 Å². The van der Waals surface area contributed by atoms with Gasteiger partial charge in [-0.2, -0.15) is 5.26 Å². The predicted octanol–water partition coefficient (Wildman–Crippen LogP) is 7.92. The largest absolute Gasteiger partial charge is 0.469 e. The lowest BCUT2D eigenvalue weighted by molar-refractivity contribution is -0.229. The number of nitriles is 1. The molecule has 4 aliphatic carbocycles. The predicted molar refractivity (Wildman–Crippen MR) is 147 cm³/mol. The first kappa shape index (κ1) is 28.4. The molecule has 37 heavy (non-hydrogen) atoms. The van der Waals surface area contributed by atoms with Crippen molar-refractivity contribution in [3.8, 4) is 6.07 Å². The Morgan fingerprint density at radius 1 is 1.03 bits per heavy atom. The van der Waals surface area contributed by atoms with Crippen molar-refractivity contribution in [3.05, 3.63) is 12.2 Å². The van der Waals surface area contributed by atoms with Gasteiger partial charge in [0.15, 0.2) is 0 Å². The van der Waals surface area contributed by atoms with Crippen molar-refractivity contribution < 1.29 is 14.3 Å². The van der Waals surface area contributed by atoms with Gasteiger partial charge in [-0.15, -0.1) is 0 Å². The minimum Gasteiger partial charge on any atom is -0.469 e. The number of methoxy groups -OCH3 is 1. The van der Waals surface area contributed by atoms with E-state index in [9.17, 15) is 14.9 Å². The molecule has 0 aliphatic heterocycles. The number of ether oxygens (including phenoxy) is 1. The Morgan fingerprint density at radius 3 is 2.27 bits per heavy atom. The fraction of sp³-hybridized carbons (Fsp3) is 0.848. The molecule has 0 aromatic heterocycles. The number of carbonyl (C=O) groups excluding carboxylic acids is 2. The van der Waals surface area contributed by atoms with Gasteiger partial charge >= 0.3 is 5.97 Å². The maximum absolute atomic E-state index is 13.4. The summed E-state index contributed by atoms with van der Waals surface area (Å²) in [6, 6.07) is 2.58. The molecule has 4 heteroatoms. The van der Waals surface area contributed by atoms with Crippen LogP contribution >= 0.6 is 0 Å². The SMILES string of the molecule is C=C(C)[C@@H]1CCC2(C(=O)OC)CC[C@]3(C)C(CCC4[C@@](C)(CC#N)C(C(C)(C)C(=O)CC)CC[C@]43C)C12. The first-order chi connectivity index (χ1) is 17.2. The van der Waals surface area contributed by atoms with Crippen LogP contribution in [0.15, 0.2) is 12.2 Å². The zero-order valence-corrected chi connectivity index (χ0v) is 24.8. The average Bonchev–Trinajstić information content (AvgIpc) is 3.24. The summed E-state index contributed by atoms with van der Waals surface area (Å²) in [7, 11) is 1.56. The van der Waals surface area contributed by atoms with E-state index in [-0.39, 0.29) is 39.5 Å². The molecular weight excluding hydrogens is 458 g/mol. The standard InChI is InChI=1S/C33H51NO3/c1-10-26(35)29(4,5)24-14-15-32(8)25(30(24,6)19-20-34)12-11-23-27-22(21(2)3)13-16-33(27,28(36)37-9)18-17-31(23,32)7/h22-25,27H,2,10-19H2,1,3-9H3/t22-,23?,24?,25?,27?,30-,31+,32+,33?/m0/s1. The fourth-order valence-corrected chi connectivity index (χ4v) is 11.3. The van der Waals surface area contributed by atoms with Crippen molar-refractivity contribution in [2.45, 2.75) is 113 Å². The van der Waals surface area contributed by atoms with Crippen LogP contribution in [0, 0.1) is 68.0 Å². The highest BCUT2D eigenvalue weighted by Gasteiger charge is 2.71. The van der Waals surface area contributed by atoms with E-state index >= 15 is 0 Å². The van der Waals surface area contributed by atoms with E-state index in [1.807, 2.05) is 6.92 Å². The molecule has 0 amide bonds. The molecule has 0 heterocycles. The van der Waals surface area contributed by atoms with Gasteiger partial charge in [0.25, 0.3) is 0 Å². The van der Waals surface area contributed by atoms with E-state index in [0.717, 1.165) is 51.4 Å². The molecule has 206 valence electrons. The molecule has 0 spiro atoms. The molecule has 0 saturated heterocycles. The van der Waals surface area contributed by atoms with Gasteiger partial charge in [0.2, 0.25) is 0 Å². The Labute approximate surface area is 226 Å². The third kappa shape index (κ3) is 3.65. The summed E-state index contributed by atoms with van der Waals surface area (Å²) in [6.45, 7) is 20.2. The second-order valence-electron chi connectivity index (χ2n) is 14.7. The van der Waals surface area contributed by atoms with Crippen LogP contribution in [-0.4, -0.2) is 18.9 Å². The van der Waals surface area contributed by atoms with E-state index in [1.165, 1.54) is 5.57 Å². The number of Topliss-reactive ketones (excluding diaryl/α,β-unsaturated/α-hetero) is 1. The second kappa shape index (κ2) is 9.24. The van der Waals surface area contributed by atoms with Crippen LogP contribution in [0.25, 0.3) is 0 Å². The van der Waals surface area contributed by atoms with Gasteiger partial charge in [0.1, 0.15) is 5.78 Å². The normalized spacial score (nSPS) is 45.1. The summed E-state index contributed by atoms with van der Waals surface area (Å²) in [4.78, 5) is 26.6. The van der Waals surface area contributed by atoms with Crippen LogP contribution in [-0.2, 0) is 14.3 Å². The highest BCUT2D eigenvalue weighted by molar-refractivity contribution is 5.84. The number of ketones is 1. The number of esters is 1. The van der Waals surface area contributed by atoms with E-state index in [0.29, 0.717) is 36.4 Å². The lowest BCUT2D eigenvalue weighted by atomic mass is 9.33. The van der Waals surface area contributed by atoms with Gasteiger partial charge in [-0.1, -0.05) is 53.7 Å². The van der Waals surface area contributed by atoms with Crippen LogP contribution in [0.5, 0.6) is 0 Å². The number of rotatable bonds is 6. The topological polar surface area (TPSA) is 67.2 Å². The van der Waals surface area contributed by atoms with Crippen molar-refractivity contribution in [1.29, 1.82) is 5.26 Å². The lowest BCUT2D eigenvalue weighted by Gasteiger charge is -2.71. The molecule has 0 aromatic carbocycles. The molecule has 0 bridgehead atoms. The van der Waals surface area contributed by atoms with Gasteiger partial charge in [-0.05, 0) is 104 Å². The van der Waals surface area contributed by atoms with Gasteiger partial charge < -0.3 is 4.74 Å². The number of allylic oxidation sites excluding steroid dienone is 1. The van der Waals surface area contributed by atoms with Crippen LogP contribution < -0.4 is 0 Å². The monoisotopic (exact) mass is 509 g/mol. The minimum absolute atomic E-state index is 0.00608. The summed E-state index contributed by atoms with van der Waals surface area (Å²) in [5.41, 5.74) is 0.344. The molecule has 0 aromatic rings. The number of hydrogen-bond donors (Lipinski definition) is 0.